The van der Waals surface area contributed by atoms with Gasteiger partial charge in [0.05, 0.1) is 6.54 Å². The number of thiophene rings is 1. The highest BCUT2D eigenvalue weighted by Crippen LogP contribution is 2.31. The molecule has 1 aliphatic heterocycles. The lowest BCUT2D eigenvalue weighted by atomic mass is 10.1. The summed E-state index contributed by atoms with van der Waals surface area (Å²) in [6.07, 6.45) is 0.470. The van der Waals surface area contributed by atoms with Crippen LogP contribution in [0.5, 0.6) is 0 Å². The Morgan fingerprint density at radius 1 is 1.29 bits per heavy atom. The average molecular weight is 301 g/mol. The molecule has 1 atom stereocenters. The molecule has 0 fully saturated rings. The lowest BCUT2D eigenvalue weighted by molar-refractivity contribution is -0.119. The molecule has 2 heterocycles. The van der Waals surface area contributed by atoms with Crippen LogP contribution in [-0.2, 0) is 17.8 Å². The molecule has 0 saturated carbocycles. The summed E-state index contributed by atoms with van der Waals surface area (Å²) >= 11 is 1.58. The number of amides is 3. The Morgan fingerprint density at radius 2 is 2.10 bits per heavy atom. The number of para-hydroxylation sites is 1. The molecule has 0 saturated heterocycles. The van der Waals surface area contributed by atoms with Crippen molar-refractivity contribution in [3.05, 3.63) is 52.2 Å². The van der Waals surface area contributed by atoms with Crippen molar-refractivity contribution in [3.63, 3.8) is 0 Å². The molecular weight excluding hydrogens is 286 g/mol. The van der Waals surface area contributed by atoms with E-state index in [0.29, 0.717) is 13.0 Å². The first-order chi connectivity index (χ1) is 10.2. The van der Waals surface area contributed by atoms with E-state index in [1.807, 2.05) is 41.8 Å². The maximum Gasteiger partial charge on any atom is 0.322 e. The van der Waals surface area contributed by atoms with Crippen molar-refractivity contribution in [2.75, 3.05) is 4.90 Å². The number of nitrogens with two attached hydrogens (primary N) is 1. The second-order valence-electron chi connectivity index (χ2n) is 4.86. The van der Waals surface area contributed by atoms with Gasteiger partial charge in [0.2, 0.25) is 5.91 Å². The highest BCUT2D eigenvalue weighted by molar-refractivity contribution is 7.09. The van der Waals surface area contributed by atoms with E-state index in [4.69, 9.17) is 5.73 Å². The summed E-state index contributed by atoms with van der Waals surface area (Å²) in [6, 6.07) is 10.5. The average Bonchev–Trinajstić information content (AvgIpc) is 3.11. The third kappa shape index (κ3) is 2.62. The highest BCUT2D eigenvalue weighted by atomic mass is 32.1. The Labute approximate surface area is 126 Å². The minimum atomic E-state index is -0.620. The van der Waals surface area contributed by atoms with Gasteiger partial charge in [-0.3, -0.25) is 9.69 Å². The Hall–Kier alpha value is -2.34. The van der Waals surface area contributed by atoms with Crippen LogP contribution in [0, 0.1) is 0 Å². The Bertz CT molecular complexity index is 669. The van der Waals surface area contributed by atoms with E-state index in [2.05, 4.69) is 5.32 Å². The second kappa shape index (κ2) is 5.57. The molecule has 5 nitrogen and oxygen atoms in total. The number of urea groups is 1. The van der Waals surface area contributed by atoms with Crippen molar-refractivity contribution in [1.29, 1.82) is 0 Å². The summed E-state index contributed by atoms with van der Waals surface area (Å²) in [5.41, 5.74) is 7.16. The van der Waals surface area contributed by atoms with Crippen LogP contribution in [0.2, 0.25) is 0 Å². The molecule has 1 unspecified atom stereocenters. The van der Waals surface area contributed by atoms with Gasteiger partial charge in [-0.05, 0) is 23.1 Å². The standard InChI is InChI=1S/C15H15N3O2S/c16-14(19)13-8-10-4-1-2-6-12(10)18(13)15(20)17-9-11-5-3-7-21-11/h1-7,13H,8-9H2,(H2,16,19)(H,17,20). The minimum Gasteiger partial charge on any atom is -0.368 e. The molecule has 3 amide bonds. The lowest BCUT2D eigenvalue weighted by Gasteiger charge is -2.23. The molecule has 1 aromatic carbocycles. The molecule has 2 aromatic rings. The number of anilines is 1. The number of primary amides is 1. The monoisotopic (exact) mass is 301 g/mol. The molecule has 108 valence electrons. The van der Waals surface area contributed by atoms with E-state index in [9.17, 15) is 9.59 Å². The molecule has 6 heteroatoms. The quantitative estimate of drug-likeness (QED) is 0.908. The number of hydrogen-bond acceptors (Lipinski definition) is 3. The largest absolute Gasteiger partial charge is 0.368 e. The van der Waals surface area contributed by atoms with Gasteiger partial charge in [0.15, 0.2) is 0 Å². The van der Waals surface area contributed by atoms with Crippen molar-refractivity contribution in [1.82, 2.24) is 5.32 Å². The topological polar surface area (TPSA) is 75.4 Å². The molecule has 0 radical (unpaired) electrons. The minimum absolute atomic E-state index is 0.294. The molecule has 0 spiro atoms. The smallest absolute Gasteiger partial charge is 0.322 e. The molecule has 1 aliphatic rings. The van der Waals surface area contributed by atoms with Crippen LogP contribution in [0.25, 0.3) is 0 Å². The van der Waals surface area contributed by atoms with E-state index in [1.165, 1.54) is 4.90 Å². The first-order valence-corrected chi connectivity index (χ1v) is 7.51. The van der Waals surface area contributed by atoms with Crippen molar-refractivity contribution < 1.29 is 9.59 Å². The number of carbonyl (C=O) groups is 2. The predicted octanol–water partition coefficient (Wildman–Crippen LogP) is 1.87. The van der Waals surface area contributed by atoms with Crippen LogP contribution in [0.4, 0.5) is 10.5 Å². The lowest BCUT2D eigenvalue weighted by Crippen LogP contribution is -2.49. The van der Waals surface area contributed by atoms with Crippen LogP contribution in [-0.4, -0.2) is 18.0 Å². The summed E-state index contributed by atoms with van der Waals surface area (Å²) in [4.78, 5) is 26.6. The maximum absolute atomic E-state index is 12.4. The highest BCUT2D eigenvalue weighted by Gasteiger charge is 2.36. The number of hydrogen-bond donors (Lipinski definition) is 2. The zero-order valence-electron chi connectivity index (χ0n) is 11.3. The first-order valence-electron chi connectivity index (χ1n) is 6.63. The van der Waals surface area contributed by atoms with E-state index in [-0.39, 0.29) is 6.03 Å². The molecule has 1 aromatic heterocycles. The number of benzene rings is 1. The normalized spacial score (nSPS) is 16.6. The fourth-order valence-electron chi connectivity index (χ4n) is 2.53. The Balaban J connectivity index is 1.80. The number of nitrogens with one attached hydrogen (secondary N) is 1. The van der Waals surface area contributed by atoms with Crippen molar-refractivity contribution >= 4 is 29.0 Å². The van der Waals surface area contributed by atoms with Gasteiger partial charge in [0.25, 0.3) is 0 Å². The van der Waals surface area contributed by atoms with E-state index in [0.717, 1.165) is 16.1 Å². The van der Waals surface area contributed by atoms with Gasteiger partial charge >= 0.3 is 6.03 Å². The van der Waals surface area contributed by atoms with E-state index in [1.54, 1.807) is 11.3 Å². The number of nitrogens with zero attached hydrogens (tertiary/aromatic N) is 1. The van der Waals surface area contributed by atoms with Gasteiger partial charge in [-0.25, -0.2) is 4.79 Å². The van der Waals surface area contributed by atoms with Crippen LogP contribution >= 0.6 is 11.3 Å². The molecular formula is C15H15N3O2S. The van der Waals surface area contributed by atoms with Crippen LogP contribution in [0.1, 0.15) is 10.4 Å². The van der Waals surface area contributed by atoms with Gasteiger partial charge in [-0.15, -0.1) is 11.3 Å². The Kier molecular flexibility index (Phi) is 3.62. The third-order valence-corrected chi connectivity index (χ3v) is 4.39. The maximum atomic E-state index is 12.4. The van der Waals surface area contributed by atoms with Crippen molar-refractivity contribution in [2.24, 2.45) is 5.73 Å². The van der Waals surface area contributed by atoms with Gasteiger partial charge in [0.1, 0.15) is 6.04 Å². The molecule has 3 N–H and O–H groups in total. The number of rotatable bonds is 3. The van der Waals surface area contributed by atoms with Crippen molar-refractivity contribution in [2.45, 2.75) is 19.0 Å². The zero-order chi connectivity index (χ0) is 14.8. The summed E-state index contributed by atoms with van der Waals surface area (Å²) in [7, 11) is 0. The molecule has 21 heavy (non-hydrogen) atoms. The summed E-state index contributed by atoms with van der Waals surface area (Å²) in [6.45, 7) is 0.445. The van der Waals surface area contributed by atoms with Crippen LogP contribution in [0.3, 0.4) is 0 Å². The Morgan fingerprint density at radius 3 is 2.81 bits per heavy atom. The zero-order valence-corrected chi connectivity index (χ0v) is 12.1. The van der Waals surface area contributed by atoms with E-state index < -0.39 is 11.9 Å². The van der Waals surface area contributed by atoms with Crippen LogP contribution in [0.15, 0.2) is 41.8 Å². The SMILES string of the molecule is NC(=O)C1Cc2ccccc2N1C(=O)NCc1cccs1. The van der Waals surface area contributed by atoms with Gasteiger partial charge in [-0.2, -0.15) is 0 Å². The second-order valence-corrected chi connectivity index (χ2v) is 5.89. The molecule has 0 aliphatic carbocycles. The van der Waals surface area contributed by atoms with Crippen molar-refractivity contribution in [3.8, 4) is 0 Å². The number of carbonyl (C=O) groups excluding carboxylic acids is 2. The van der Waals surface area contributed by atoms with Gasteiger partial charge in [-0.1, -0.05) is 24.3 Å². The fraction of sp³-hybridized carbons (Fsp3) is 0.200. The molecule has 0 bridgehead atoms. The molecule has 3 rings (SSSR count). The van der Waals surface area contributed by atoms with Crippen LogP contribution < -0.4 is 16.0 Å². The fourth-order valence-corrected chi connectivity index (χ4v) is 3.17. The van der Waals surface area contributed by atoms with Gasteiger partial charge in [0, 0.05) is 17.0 Å². The van der Waals surface area contributed by atoms with E-state index >= 15 is 0 Å². The summed E-state index contributed by atoms with van der Waals surface area (Å²) in [5, 5.41) is 4.80. The predicted molar refractivity (Wildman–Crippen MR) is 82.2 cm³/mol. The number of fused-ring (bicyclic) bond motifs is 1. The third-order valence-electron chi connectivity index (χ3n) is 3.52. The van der Waals surface area contributed by atoms with Gasteiger partial charge < -0.3 is 11.1 Å². The first kappa shape index (κ1) is 13.6. The summed E-state index contributed by atoms with van der Waals surface area (Å²) in [5.74, 6) is -0.488. The summed E-state index contributed by atoms with van der Waals surface area (Å²) < 4.78 is 0.